The first-order valence-electron chi connectivity index (χ1n) is 6.17. The fraction of sp³-hybridized carbons (Fsp3) is 0.500. The Bertz CT molecular complexity index is 546. The zero-order valence-corrected chi connectivity index (χ0v) is 10.3. The van der Waals surface area contributed by atoms with E-state index in [9.17, 15) is 14.4 Å². The molecule has 0 spiro atoms. The van der Waals surface area contributed by atoms with Gasteiger partial charge in [-0.25, -0.2) is 9.48 Å². The van der Waals surface area contributed by atoms with Crippen LogP contribution in [0.4, 0.5) is 0 Å². The van der Waals surface area contributed by atoms with Gasteiger partial charge in [0.15, 0.2) is 5.69 Å². The molecular weight excluding hydrogens is 250 g/mol. The molecule has 0 saturated heterocycles. The van der Waals surface area contributed by atoms with E-state index in [4.69, 9.17) is 5.11 Å². The number of amides is 1. The third-order valence-electron chi connectivity index (χ3n) is 3.10. The monoisotopic (exact) mass is 265 g/mol. The first-order valence-corrected chi connectivity index (χ1v) is 6.17. The van der Waals surface area contributed by atoms with Crippen molar-refractivity contribution >= 4 is 11.9 Å². The first-order chi connectivity index (χ1) is 9.06. The molecule has 0 radical (unpaired) electrons. The molecule has 2 rings (SSSR count). The summed E-state index contributed by atoms with van der Waals surface area (Å²) in [4.78, 5) is 34.0. The average molecular weight is 265 g/mol. The molecule has 0 atom stereocenters. The Morgan fingerprint density at radius 2 is 2.05 bits per heavy atom. The van der Waals surface area contributed by atoms with Crippen LogP contribution in [0.3, 0.4) is 0 Å². The highest BCUT2D eigenvalue weighted by Gasteiger charge is 2.18. The van der Waals surface area contributed by atoms with Gasteiger partial charge in [-0.15, -0.1) is 0 Å². The van der Waals surface area contributed by atoms with E-state index in [1.165, 1.54) is 0 Å². The van der Waals surface area contributed by atoms with Crippen molar-refractivity contribution in [1.29, 1.82) is 0 Å². The predicted molar refractivity (Wildman–Crippen MR) is 65.9 cm³/mol. The number of carbonyl (C=O) groups excluding carboxylic acids is 1. The van der Waals surface area contributed by atoms with Gasteiger partial charge in [-0.2, -0.15) is 5.10 Å². The fourth-order valence-corrected chi connectivity index (χ4v) is 2.16. The van der Waals surface area contributed by atoms with E-state index in [1.807, 2.05) is 0 Å². The smallest absolute Gasteiger partial charge is 0.356 e. The summed E-state index contributed by atoms with van der Waals surface area (Å²) in [7, 11) is 0. The van der Waals surface area contributed by atoms with Crippen molar-refractivity contribution < 1.29 is 14.7 Å². The van der Waals surface area contributed by atoms with Crippen molar-refractivity contribution in [3.05, 3.63) is 28.2 Å². The quantitative estimate of drug-likeness (QED) is 0.798. The van der Waals surface area contributed by atoms with E-state index in [0.29, 0.717) is 0 Å². The van der Waals surface area contributed by atoms with E-state index in [-0.39, 0.29) is 24.2 Å². The molecule has 1 heterocycles. The second-order valence-corrected chi connectivity index (χ2v) is 4.57. The van der Waals surface area contributed by atoms with Gasteiger partial charge in [-0.3, -0.25) is 9.59 Å². The zero-order valence-electron chi connectivity index (χ0n) is 10.3. The molecule has 0 unspecified atom stereocenters. The fourth-order valence-electron chi connectivity index (χ4n) is 2.16. The number of carboxylic acids is 1. The lowest BCUT2D eigenvalue weighted by Crippen LogP contribution is -2.38. The van der Waals surface area contributed by atoms with Crippen LogP contribution in [0.2, 0.25) is 0 Å². The van der Waals surface area contributed by atoms with Gasteiger partial charge in [0.25, 0.3) is 5.56 Å². The number of aromatic nitrogens is 2. The van der Waals surface area contributed by atoms with Gasteiger partial charge in [0.1, 0.15) is 6.54 Å². The second kappa shape index (κ2) is 5.64. The summed E-state index contributed by atoms with van der Waals surface area (Å²) in [6.45, 7) is -0.254. The highest BCUT2D eigenvalue weighted by atomic mass is 16.4. The molecule has 0 aromatic carbocycles. The second-order valence-electron chi connectivity index (χ2n) is 4.57. The van der Waals surface area contributed by atoms with E-state index < -0.39 is 11.5 Å². The van der Waals surface area contributed by atoms with E-state index >= 15 is 0 Å². The van der Waals surface area contributed by atoms with Crippen molar-refractivity contribution in [2.45, 2.75) is 38.3 Å². The van der Waals surface area contributed by atoms with Crippen molar-refractivity contribution in [3.63, 3.8) is 0 Å². The zero-order chi connectivity index (χ0) is 13.8. The van der Waals surface area contributed by atoms with Crippen LogP contribution < -0.4 is 10.9 Å². The Labute approximate surface area is 109 Å². The number of nitrogens with one attached hydrogen (secondary N) is 1. The molecule has 1 saturated carbocycles. The van der Waals surface area contributed by atoms with E-state index in [0.717, 1.165) is 42.5 Å². The minimum Gasteiger partial charge on any atom is -0.476 e. The molecule has 7 nitrogen and oxygen atoms in total. The van der Waals surface area contributed by atoms with Gasteiger partial charge in [-0.1, -0.05) is 12.8 Å². The molecule has 102 valence electrons. The number of aromatic carboxylic acids is 1. The van der Waals surface area contributed by atoms with Gasteiger partial charge in [0, 0.05) is 12.1 Å². The maximum absolute atomic E-state index is 11.7. The van der Waals surface area contributed by atoms with Crippen LogP contribution in [0.25, 0.3) is 0 Å². The molecular formula is C12H15N3O4. The summed E-state index contributed by atoms with van der Waals surface area (Å²) in [5.74, 6) is -1.55. The Morgan fingerprint density at radius 3 is 2.68 bits per heavy atom. The standard InChI is InChI=1S/C12H15N3O4/c16-10(13-8-3-1-2-4-8)7-15-11(17)6-5-9(14-15)12(18)19/h5-6,8H,1-4,7H2,(H,13,16)(H,18,19). The molecule has 1 aliphatic rings. The number of hydrogen-bond donors (Lipinski definition) is 2. The van der Waals surface area contributed by atoms with Crippen LogP contribution in [0.1, 0.15) is 36.2 Å². The van der Waals surface area contributed by atoms with Gasteiger partial charge < -0.3 is 10.4 Å². The molecule has 7 heteroatoms. The van der Waals surface area contributed by atoms with Gasteiger partial charge >= 0.3 is 5.97 Å². The molecule has 2 N–H and O–H groups in total. The number of rotatable bonds is 4. The van der Waals surface area contributed by atoms with Gasteiger partial charge in [0.2, 0.25) is 5.91 Å². The Hall–Kier alpha value is -2.18. The number of hydrogen-bond acceptors (Lipinski definition) is 4. The molecule has 1 aromatic rings. The van der Waals surface area contributed by atoms with Crippen molar-refractivity contribution in [1.82, 2.24) is 15.1 Å². The van der Waals surface area contributed by atoms with E-state index in [1.54, 1.807) is 0 Å². The van der Waals surface area contributed by atoms with Crippen LogP contribution in [0, 0.1) is 0 Å². The predicted octanol–water partition coefficient (Wildman–Crippen LogP) is 0.000300. The Balaban J connectivity index is 2.05. The summed E-state index contributed by atoms with van der Waals surface area (Å²) in [6.07, 6.45) is 4.09. The lowest BCUT2D eigenvalue weighted by molar-refractivity contribution is -0.122. The van der Waals surface area contributed by atoms with Crippen LogP contribution in [-0.2, 0) is 11.3 Å². The molecule has 0 bridgehead atoms. The minimum atomic E-state index is -1.23. The van der Waals surface area contributed by atoms with Crippen LogP contribution in [0.15, 0.2) is 16.9 Å². The third-order valence-corrected chi connectivity index (χ3v) is 3.10. The number of carboxylic acid groups (broad SMARTS) is 1. The normalized spacial score (nSPS) is 15.4. The Kier molecular flexibility index (Phi) is 3.94. The minimum absolute atomic E-state index is 0.158. The Morgan fingerprint density at radius 1 is 1.37 bits per heavy atom. The third kappa shape index (κ3) is 3.40. The van der Waals surface area contributed by atoms with Gasteiger partial charge in [0.05, 0.1) is 0 Å². The maximum Gasteiger partial charge on any atom is 0.356 e. The number of nitrogens with zero attached hydrogens (tertiary/aromatic N) is 2. The molecule has 1 fully saturated rings. The molecule has 1 aromatic heterocycles. The van der Waals surface area contributed by atoms with Gasteiger partial charge in [-0.05, 0) is 18.9 Å². The SMILES string of the molecule is O=C(Cn1nc(C(=O)O)ccc1=O)NC1CCCC1. The first kappa shape index (κ1) is 13.3. The van der Waals surface area contributed by atoms with Crippen molar-refractivity contribution in [2.75, 3.05) is 0 Å². The summed E-state index contributed by atoms with van der Waals surface area (Å²) < 4.78 is 0.869. The summed E-state index contributed by atoms with van der Waals surface area (Å²) in [5, 5.41) is 15.2. The van der Waals surface area contributed by atoms with Crippen LogP contribution in [-0.4, -0.2) is 32.8 Å². The highest BCUT2D eigenvalue weighted by Crippen LogP contribution is 2.17. The number of carbonyl (C=O) groups is 2. The molecule has 1 amide bonds. The maximum atomic E-state index is 11.7. The molecule has 19 heavy (non-hydrogen) atoms. The summed E-state index contributed by atoms with van der Waals surface area (Å²) >= 11 is 0. The average Bonchev–Trinajstić information content (AvgIpc) is 2.84. The van der Waals surface area contributed by atoms with E-state index in [2.05, 4.69) is 10.4 Å². The topological polar surface area (TPSA) is 101 Å². The largest absolute Gasteiger partial charge is 0.476 e. The lowest BCUT2D eigenvalue weighted by atomic mass is 10.2. The lowest BCUT2D eigenvalue weighted by Gasteiger charge is -2.12. The molecule has 1 aliphatic carbocycles. The van der Waals surface area contributed by atoms with Crippen LogP contribution in [0.5, 0.6) is 0 Å². The molecule has 0 aliphatic heterocycles. The van der Waals surface area contributed by atoms with Crippen molar-refractivity contribution in [3.8, 4) is 0 Å². The summed E-state index contributed by atoms with van der Waals surface area (Å²) in [6, 6.07) is 2.38. The van der Waals surface area contributed by atoms with Crippen LogP contribution >= 0.6 is 0 Å². The summed E-state index contributed by atoms with van der Waals surface area (Å²) in [5.41, 5.74) is -0.750. The van der Waals surface area contributed by atoms with Crippen molar-refractivity contribution in [2.24, 2.45) is 0 Å². The highest BCUT2D eigenvalue weighted by molar-refractivity contribution is 5.85.